The molecule has 2 aliphatic rings. The summed E-state index contributed by atoms with van der Waals surface area (Å²) in [7, 11) is -3.44. The number of nitrogens with zero attached hydrogens (tertiary/aromatic N) is 2. The number of thiazole rings is 1. The lowest BCUT2D eigenvalue weighted by atomic mass is 9.88. The second-order valence-corrected chi connectivity index (χ2v) is 13.0. The number of rotatable bonds is 4. The molecule has 2 aromatic heterocycles. The van der Waals surface area contributed by atoms with E-state index in [1.54, 1.807) is 22.7 Å². The Bertz CT molecular complexity index is 1250. The number of carbonyl (C=O) groups is 1. The average Bonchev–Trinajstić information content (AvgIpc) is 3.33. The van der Waals surface area contributed by atoms with Crippen LogP contribution < -0.4 is 5.32 Å². The average molecular weight is 490 g/mol. The summed E-state index contributed by atoms with van der Waals surface area (Å²) in [5.41, 5.74) is 3.30. The SMILES string of the molecule is CC1CCc2c(sc(NC(=O)C3CCCCN3S(C)(=O)=O)c2-c2nc3ccccc3s2)C1. The molecule has 0 radical (unpaired) electrons. The van der Waals surface area contributed by atoms with E-state index in [-0.39, 0.29) is 5.91 Å². The second kappa shape index (κ2) is 8.52. The Balaban J connectivity index is 1.54. The Labute approximate surface area is 196 Å². The molecule has 2 atom stereocenters. The minimum atomic E-state index is -3.44. The maximum Gasteiger partial charge on any atom is 0.243 e. The number of sulfonamides is 1. The Morgan fingerprint density at radius 2 is 2.00 bits per heavy atom. The fraction of sp³-hybridized carbons (Fsp3) is 0.478. The van der Waals surface area contributed by atoms with E-state index in [4.69, 9.17) is 4.98 Å². The number of carbonyl (C=O) groups excluding carboxylic acids is 1. The van der Waals surface area contributed by atoms with Crippen molar-refractivity contribution in [2.24, 2.45) is 5.92 Å². The lowest BCUT2D eigenvalue weighted by molar-refractivity contribution is -0.120. The van der Waals surface area contributed by atoms with Crippen LogP contribution in [0.25, 0.3) is 20.8 Å². The highest BCUT2D eigenvalue weighted by Crippen LogP contribution is 2.47. The highest BCUT2D eigenvalue weighted by atomic mass is 32.2. The standard InChI is InChI=1S/C23H27N3O3S3/c1-14-10-11-15-19(13-14)31-23(20(15)22-24-16-7-3-4-9-18(16)30-22)25-21(27)17-8-5-6-12-26(17)32(2,28)29/h3-4,7,9,14,17H,5-6,8,10-13H2,1-2H3,(H,25,27). The van der Waals surface area contributed by atoms with Crippen molar-refractivity contribution in [3.8, 4) is 10.6 Å². The van der Waals surface area contributed by atoms with Crippen molar-refractivity contribution in [3.63, 3.8) is 0 Å². The third-order valence-electron chi connectivity index (χ3n) is 6.44. The Morgan fingerprint density at radius 1 is 1.19 bits per heavy atom. The first-order chi connectivity index (χ1) is 15.3. The van der Waals surface area contributed by atoms with Crippen LogP contribution in [-0.2, 0) is 27.7 Å². The molecule has 170 valence electrons. The van der Waals surface area contributed by atoms with Gasteiger partial charge in [-0.15, -0.1) is 22.7 Å². The maximum atomic E-state index is 13.3. The van der Waals surface area contributed by atoms with Crippen molar-refractivity contribution in [1.82, 2.24) is 9.29 Å². The van der Waals surface area contributed by atoms with Crippen LogP contribution in [0.5, 0.6) is 0 Å². The minimum Gasteiger partial charge on any atom is -0.316 e. The van der Waals surface area contributed by atoms with Crippen LogP contribution in [0, 0.1) is 5.92 Å². The molecule has 3 heterocycles. The zero-order valence-corrected chi connectivity index (χ0v) is 20.7. The molecular formula is C23H27N3O3S3. The number of hydrogen-bond donors (Lipinski definition) is 1. The summed E-state index contributed by atoms with van der Waals surface area (Å²) in [5, 5.41) is 4.88. The van der Waals surface area contributed by atoms with Crippen LogP contribution in [0.1, 0.15) is 43.0 Å². The molecule has 0 saturated carbocycles. The Kier molecular flexibility index (Phi) is 5.86. The van der Waals surface area contributed by atoms with Crippen LogP contribution >= 0.6 is 22.7 Å². The zero-order chi connectivity index (χ0) is 22.5. The molecule has 1 fully saturated rings. The van der Waals surface area contributed by atoms with E-state index in [1.165, 1.54) is 21.0 Å². The molecule has 1 amide bonds. The first kappa shape index (κ1) is 22.0. The van der Waals surface area contributed by atoms with Gasteiger partial charge < -0.3 is 5.32 Å². The molecule has 0 spiro atoms. The smallest absolute Gasteiger partial charge is 0.243 e. The summed E-state index contributed by atoms with van der Waals surface area (Å²) in [6.45, 7) is 2.67. The van der Waals surface area contributed by atoms with Crippen molar-refractivity contribution in [3.05, 3.63) is 34.7 Å². The summed E-state index contributed by atoms with van der Waals surface area (Å²) < 4.78 is 27.0. The van der Waals surface area contributed by atoms with Gasteiger partial charge in [0.1, 0.15) is 16.1 Å². The molecular weight excluding hydrogens is 462 g/mol. The fourth-order valence-electron chi connectivity index (χ4n) is 4.80. The molecule has 1 aromatic carbocycles. The summed E-state index contributed by atoms with van der Waals surface area (Å²) in [4.78, 5) is 19.5. The number of hydrogen-bond acceptors (Lipinski definition) is 6. The Hall–Kier alpha value is -1.81. The van der Waals surface area contributed by atoms with E-state index >= 15 is 0 Å². The van der Waals surface area contributed by atoms with Gasteiger partial charge in [0.25, 0.3) is 0 Å². The summed E-state index contributed by atoms with van der Waals surface area (Å²) in [6, 6.07) is 7.44. The highest BCUT2D eigenvalue weighted by Gasteiger charge is 2.36. The summed E-state index contributed by atoms with van der Waals surface area (Å²) in [6.07, 6.45) is 6.50. The van der Waals surface area contributed by atoms with Crippen molar-refractivity contribution in [1.29, 1.82) is 0 Å². The third kappa shape index (κ3) is 4.11. The number of nitrogens with one attached hydrogen (secondary N) is 1. The number of fused-ring (bicyclic) bond motifs is 2. The number of amides is 1. The number of benzene rings is 1. The fourth-order valence-corrected chi connectivity index (χ4v) is 8.45. The molecule has 32 heavy (non-hydrogen) atoms. The van der Waals surface area contributed by atoms with Crippen molar-refractivity contribution >= 4 is 53.8 Å². The van der Waals surface area contributed by atoms with E-state index < -0.39 is 16.1 Å². The Morgan fingerprint density at radius 3 is 2.78 bits per heavy atom. The van der Waals surface area contributed by atoms with Gasteiger partial charge in [0.05, 0.1) is 16.5 Å². The van der Waals surface area contributed by atoms with Crippen molar-refractivity contribution in [2.45, 2.75) is 51.5 Å². The quantitative estimate of drug-likeness (QED) is 0.565. The number of piperidine rings is 1. The van der Waals surface area contributed by atoms with E-state index in [0.29, 0.717) is 18.9 Å². The van der Waals surface area contributed by atoms with Gasteiger partial charge in [-0.3, -0.25) is 4.79 Å². The number of para-hydroxylation sites is 1. The number of anilines is 1. The molecule has 6 nitrogen and oxygen atoms in total. The molecule has 1 aliphatic heterocycles. The van der Waals surface area contributed by atoms with Crippen LogP contribution in [0.2, 0.25) is 0 Å². The number of aromatic nitrogens is 1. The normalized spacial score (nSPS) is 22.1. The van der Waals surface area contributed by atoms with Gasteiger partial charge in [0, 0.05) is 17.0 Å². The topological polar surface area (TPSA) is 79.4 Å². The van der Waals surface area contributed by atoms with Gasteiger partial charge in [0.15, 0.2) is 0 Å². The lowest BCUT2D eigenvalue weighted by Gasteiger charge is -2.32. The van der Waals surface area contributed by atoms with E-state index in [9.17, 15) is 13.2 Å². The molecule has 9 heteroatoms. The van der Waals surface area contributed by atoms with Crippen molar-refractivity contribution in [2.75, 3.05) is 18.1 Å². The molecule has 1 aliphatic carbocycles. The van der Waals surface area contributed by atoms with Crippen LogP contribution in [0.15, 0.2) is 24.3 Å². The van der Waals surface area contributed by atoms with E-state index in [2.05, 4.69) is 18.3 Å². The van der Waals surface area contributed by atoms with Gasteiger partial charge in [0.2, 0.25) is 15.9 Å². The first-order valence-corrected chi connectivity index (χ1v) is 14.6. The number of thiophene rings is 1. The van der Waals surface area contributed by atoms with Crippen LogP contribution in [-0.4, -0.2) is 42.5 Å². The highest BCUT2D eigenvalue weighted by molar-refractivity contribution is 7.88. The molecule has 1 N–H and O–H groups in total. The molecule has 2 unspecified atom stereocenters. The summed E-state index contributed by atoms with van der Waals surface area (Å²) >= 11 is 3.29. The van der Waals surface area contributed by atoms with Crippen LogP contribution in [0.3, 0.4) is 0 Å². The van der Waals surface area contributed by atoms with E-state index in [0.717, 1.165) is 57.9 Å². The van der Waals surface area contributed by atoms with Gasteiger partial charge in [-0.2, -0.15) is 4.31 Å². The molecule has 0 bridgehead atoms. The monoisotopic (exact) mass is 489 g/mol. The molecule has 3 aromatic rings. The first-order valence-electron chi connectivity index (χ1n) is 11.1. The van der Waals surface area contributed by atoms with Gasteiger partial charge in [-0.25, -0.2) is 13.4 Å². The lowest BCUT2D eigenvalue weighted by Crippen LogP contribution is -2.49. The van der Waals surface area contributed by atoms with E-state index in [1.807, 2.05) is 18.2 Å². The zero-order valence-electron chi connectivity index (χ0n) is 18.3. The molecule has 1 saturated heterocycles. The third-order valence-corrected chi connectivity index (χ3v) is 9.95. The predicted octanol–water partition coefficient (Wildman–Crippen LogP) is 4.90. The minimum absolute atomic E-state index is 0.232. The van der Waals surface area contributed by atoms with Crippen LogP contribution in [0.4, 0.5) is 5.00 Å². The largest absolute Gasteiger partial charge is 0.316 e. The van der Waals surface area contributed by atoms with Gasteiger partial charge in [-0.1, -0.05) is 25.5 Å². The second-order valence-electron chi connectivity index (χ2n) is 8.92. The van der Waals surface area contributed by atoms with Gasteiger partial charge in [-0.05, 0) is 55.7 Å². The predicted molar refractivity (Wildman–Crippen MR) is 132 cm³/mol. The van der Waals surface area contributed by atoms with Crippen molar-refractivity contribution < 1.29 is 13.2 Å². The maximum absolute atomic E-state index is 13.3. The summed E-state index contributed by atoms with van der Waals surface area (Å²) in [5.74, 6) is 0.385. The van der Waals surface area contributed by atoms with Gasteiger partial charge >= 0.3 is 0 Å². The molecule has 5 rings (SSSR count).